The zero-order valence-corrected chi connectivity index (χ0v) is 12.6. The minimum Gasteiger partial charge on any atom is -0.482 e. The van der Waals surface area contributed by atoms with Gasteiger partial charge in [-0.15, -0.1) is 0 Å². The van der Waals surface area contributed by atoms with Crippen LogP contribution in [-0.4, -0.2) is 19.2 Å². The van der Waals surface area contributed by atoms with Crippen molar-refractivity contribution in [1.29, 1.82) is 0 Å². The van der Waals surface area contributed by atoms with Crippen molar-refractivity contribution in [3.8, 4) is 5.75 Å². The second kappa shape index (κ2) is 7.70. The van der Waals surface area contributed by atoms with Crippen molar-refractivity contribution >= 4 is 17.6 Å². The smallest absolute Gasteiger partial charge is 0.344 e. The third-order valence-corrected chi connectivity index (χ3v) is 3.18. The van der Waals surface area contributed by atoms with Crippen LogP contribution in [-0.2, 0) is 16.0 Å². The number of para-hydroxylation sites is 1. The van der Waals surface area contributed by atoms with E-state index >= 15 is 0 Å². The molecule has 0 radical (unpaired) electrons. The molecule has 0 saturated heterocycles. The number of esters is 1. The lowest BCUT2D eigenvalue weighted by molar-refractivity contribution is -0.145. The summed E-state index contributed by atoms with van der Waals surface area (Å²) in [6.45, 7) is 2.05. The highest BCUT2D eigenvalue weighted by molar-refractivity contribution is 6.30. The summed E-state index contributed by atoms with van der Waals surface area (Å²) in [4.78, 5) is 11.4. The summed E-state index contributed by atoms with van der Waals surface area (Å²) in [7, 11) is 0. The number of carbonyl (C=O) groups is 1. The summed E-state index contributed by atoms with van der Waals surface area (Å²) in [5, 5.41) is 0.714. The Labute approximate surface area is 129 Å². The van der Waals surface area contributed by atoms with Crippen molar-refractivity contribution in [3.63, 3.8) is 0 Å². The monoisotopic (exact) mass is 304 g/mol. The Bertz CT molecular complexity index is 593. The normalized spacial score (nSPS) is 10.2. The third kappa shape index (κ3) is 4.80. The first-order valence-electron chi connectivity index (χ1n) is 6.80. The number of benzene rings is 2. The van der Waals surface area contributed by atoms with E-state index in [9.17, 15) is 4.79 Å². The Kier molecular flexibility index (Phi) is 5.64. The fraction of sp³-hybridized carbons (Fsp3) is 0.235. The van der Waals surface area contributed by atoms with Gasteiger partial charge < -0.3 is 9.47 Å². The molecule has 0 saturated carbocycles. The lowest BCUT2D eigenvalue weighted by Crippen LogP contribution is -2.15. The quantitative estimate of drug-likeness (QED) is 0.760. The first-order chi connectivity index (χ1) is 10.2. The molecule has 3 nitrogen and oxygen atoms in total. The predicted octanol–water partition coefficient (Wildman–Crippen LogP) is 3.87. The average Bonchev–Trinajstić information content (AvgIpc) is 2.49. The summed E-state index contributed by atoms with van der Waals surface area (Å²) in [5.41, 5.74) is 2.15. The van der Waals surface area contributed by atoms with Gasteiger partial charge in [-0.1, -0.05) is 41.9 Å². The zero-order valence-electron chi connectivity index (χ0n) is 11.8. The van der Waals surface area contributed by atoms with Gasteiger partial charge >= 0.3 is 5.97 Å². The van der Waals surface area contributed by atoms with Gasteiger partial charge in [-0.05, 0) is 36.2 Å². The largest absolute Gasteiger partial charge is 0.482 e. The van der Waals surface area contributed by atoms with Crippen molar-refractivity contribution in [1.82, 2.24) is 0 Å². The Morgan fingerprint density at radius 1 is 1.10 bits per heavy atom. The van der Waals surface area contributed by atoms with Crippen LogP contribution in [0.15, 0.2) is 48.5 Å². The fourth-order valence-electron chi connectivity index (χ4n) is 1.95. The molecule has 0 unspecified atom stereocenters. The molecule has 0 fully saturated rings. The van der Waals surface area contributed by atoms with Gasteiger partial charge in [0.25, 0.3) is 0 Å². The van der Waals surface area contributed by atoms with Gasteiger partial charge in [0.15, 0.2) is 6.61 Å². The van der Waals surface area contributed by atoms with Crippen LogP contribution in [0.2, 0.25) is 5.02 Å². The molecule has 110 valence electrons. The molecule has 0 aliphatic heterocycles. The Morgan fingerprint density at radius 2 is 1.81 bits per heavy atom. The van der Waals surface area contributed by atoms with Crippen LogP contribution in [0.4, 0.5) is 0 Å². The maximum atomic E-state index is 11.4. The van der Waals surface area contributed by atoms with Crippen LogP contribution in [0.25, 0.3) is 0 Å². The molecule has 0 spiro atoms. The molecular formula is C17H17ClO3. The Balaban J connectivity index is 2.06. The van der Waals surface area contributed by atoms with Crippen molar-refractivity contribution in [2.45, 2.75) is 13.3 Å². The number of hydrogen-bond acceptors (Lipinski definition) is 3. The van der Waals surface area contributed by atoms with E-state index in [2.05, 4.69) is 0 Å². The molecule has 2 aromatic carbocycles. The maximum Gasteiger partial charge on any atom is 0.344 e. The van der Waals surface area contributed by atoms with Crippen LogP contribution in [0, 0.1) is 0 Å². The van der Waals surface area contributed by atoms with Crippen LogP contribution < -0.4 is 4.74 Å². The molecule has 0 aliphatic carbocycles. The SMILES string of the molecule is CCOC(=O)COc1ccccc1Cc1ccc(Cl)cc1. The molecule has 2 aromatic rings. The molecule has 0 aliphatic rings. The maximum absolute atomic E-state index is 11.4. The summed E-state index contributed by atoms with van der Waals surface area (Å²) in [6, 6.07) is 15.3. The molecule has 0 atom stereocenters. The van der Waals surface area contributed by atoms with Crippen molar-refractivity contribution in [2.75, 3.05) is 13.2 Å². The van der Waals surface area contributed by atoms with Crippen molar-refractivity contribution in [3.05, 3.63) is 64.7 Å². The molecule has 0 amide bonds. The molecule has 21 heavy (non-hydrogen) atoms. The lowest BCUT2D eigenvalue weighted by Gasteiger charge is -2.11. The average molecular weight is 305 g/mol. The number of rotatable bonds is 6. The van der Waals surface area contributed by atoms with E-state index in [4.69, 9.17) is 21.1 Å². The molecule has 2 rings (SSSR count). The number of hydrogen-bond donors (Lipinski definition) is 0. The van der Waals surface area contributed by atoms with Crippen LogP contribution in [0.3, 0.4) is 0 Å². The van der Waals surface area contributed by atoms with E-state index in [0.29, 0.717) is 17.4 Å². The van der Waals surface area contributed by atoms with E-state index in [-0.39, 0.29) is 12.6 Å². The van der Waals surface area contributed by atoms with E-state index in [1.54, 1.807) is 6.92 Å². The number of ether oxygens (including phenoxy) is 2. The highest BCUT2D eigenvalue weighted by Crippen LogP contribution is 2.22. The number of carbonyl (C=O) groups excluding carboxylic acids is 1. The molecule has 0 bridgehead atoms. The first-order valence-corrected chi connectivity index (χ1v) is 7.17. The highest BCUT2D eigenvalue weighted by Gasteiger charge is 2.07. The van der Waals surface area contributed by atoms with Gasteiger partial charge in [0, 0.05) is 11.4 Å². The minimum atomic E-state index is -0.362. The number of halogens is 1. The summed E-state index contributed by atoms with van der Waals surface area (Å²) in [6.07, 6.45) is 0.718. The van der Waals surface area contributed by atoms with Crippen LogP contribution >= 0.6 is 11.6 Å². The van der Waals surface area contributed by atoms with Crippen LogP contribution in [0.1, 0.15) is 18.1 Å². The van der Waals surface area contributed by atoms with Gasteiger partial charge in [-0.3, -0.25) is 0 Å². The van der Waals surface area contributed by atoms with Crippen LogP contribution in [0.5, 0.6) is 5.75 Å². The Hall–Kier alpha value is -2.00. The first kappa shape index (κ1) is 15.4. The van der Waals surface area contributed by atoms with Gasteiger partial charge in [0.1, 0.15) is 5.75 Å². The molecule has 4 heteroatoms. The Morgan fingerprint density at radius 3 is 2.52 bits per heavy atom. The van der Waals surface area contributed by atoms with E-state index in [0.717, 1.165) is 17.5 Å². The minimum absolute atomic E-state index is 0.0779. The van der Waals surface area contributed by atoms with Gasteiger partial charge in [-0.25, -0.2) is 4.79 Å². The van der Waals surface area contributed by atoms with E-state index in [1.165, 1.54) is 0 Å². The standard InChI is InChI=1S/C17H17ClO3/c1-2-20-17(19)12-21-16-6-4-3-5-14(16)11-13-7-9-15(18)10-8-13/h3-10H,2,11-12H2,1H3. The molecule has 0 N–H and O–H groups in total. The summed E-state index contributed by atoms with van der Waals surface area (Å²) < 4.78 is 10.4. The van der Waals surface area contributed by atoms with E-state index in [1.807, 2.05) is 48.5 Å². The second-order valence-corrected chi connectivity index (χ2v) is 4.94. The second-order valence-electron chi connectivity index (χ2n) is 4.50. The third-order valence-electron chi connectivity index (χ3n) is 2.93. The topological polar surface area (TPSA) is 35.5 Å². The lowest BCUT2D eigenvalue weighted by atomic mass is 10.0. The van der Waals surface area contributed by atoms with Gasteiger partial charge in [-0.2, -0.15) is 0 Å². The molecule has 0 heterocycles. The van der Waals surface area contributed by atoms with Gasteiger partial charge in [0.2, 0.25) is 0 Å². The predicted molar refractivity (Wildman–Crippen MR) is 82.8 cm³/mol. The van der Waals surface area contributed by atoms with Gasteiger partial charge in [0.05, 0.1) is 6.61 Å². The van der Waals surface area contributed by atoms with Crippen molar-refractivity contribution < 1.29 is 14.3 Å². The molecular weight excluding hydrogens is 288 g/mol. The summed E-state index contributed by atoms with van der Waals surface area (Å²) in [5.74, 6) is 0.333. The summed E-state index contributed by atoms with van der Waals surface area (Å²) >= 11 is 5.88. The zero-order chi connectivity index (χ0) is 15.1. The van der Waals surface area contributed by atoms with Crippen molar-refractivity contribution in [2.24, 2.45) is 0 Å². The molecule has 0 aromatic heterocycles. The fourth-order valence-corrected chi connectivity index (χ4v) is 2.08. The highest BCUT2D eigenvalue weighted by atomic mass is 35.5. The van der Waals surface area contributed by atoms with E-state index < -0.39 is 0 Å².